The van der Waals surface area contributed by atoms with Crippen LogP contribution >= 0.6 is 0 Å². The molecule has 0 aliphatic rings. The Morgan fingerprint density at radius 1 is 1.17 bits per heavy atom. The molecule has 1 heterocycles. The first-order valence-electron chi connectivity index (χ1n) is 5.39. The largest absolute Gasteiger partial charge is 0.542 e. The number of nitrogens with zero attached hydrogens (tertiary/aromatic N) is 1. The number of aryl methyl sites for hydroxylation is 2. The fourth-order valence-corrected chi connectivity index (χ4v) is 1.61. The lowest BCUT2D eigenvalue weighted by Gasteiger charge is -2.08. The zero-order valence-electron chi connectivity index (χ0n) is 10.1. The number of hydrogen-bond donors (Lipinski definition) is 0. The average Bonchev–Trinajstić information content (AvgIpc) is 2.81. The van der Waals surface area contributed by atoms with Crippen LogP contribution < -0.4 is 15.3 Å². The van der Waals surface area contributed by atoms with Gasteiger partial charge in [0.2, 0.25) is 5.89 Å². The summed E-state index contributed by atoms with van der Waals surface area (Å²) in [5, 5.41) is 3.50. The zero-order valence-corrected chi connectivity index (χ0v) is 10.1. The first-order valence-corrected chi connectivity index (χ1v) is 5.39. The molecule has 1 aromatic carbocycles. The molecule has 0 unspecified atom stereocenters. The van der Waals surface area contributed by atoms with Crippen LogP contribution in [0.1, 0.15) is 11.5 Å². The molecule has 0 amide bonds. The molecular formula is C12H13NO5. The molecule has 0 aliphatic carbocycles. The fourth-order valence-electron chi connectivity index (χ4n) is 1.61. The second-order valence-electron chi connectivity index (χ2n) is 3.62. The Balaban J connectivity index is 2.07. The van der Waals surface area contributed by atoms with E-state index < -0.39 is 5.82 Å². The molecule has 6 heteroatoms. The molecule has 0 saturated carbocycles. The van der Waals surface area contributed by atoms with Gasteiger partial charge in [0.05, 0.1) is 14.2 Å². The van der Waals surface area contributed by atoms with Crippen molar-refractivity contribution in [3.8, 4) is 11.5 Å². The third kappa shape index (κ3) is 2.71. The van der Waals surface area contributed by atoms with E-state index in [9.17, 15) is 4.79 Å². The Morgan fingerprint density at radius 2 is 1.94 bits per heavy atom. The van der Waals surface area contributed by atoms with Crippen molar-refractivity contribution in [2.45, 2.75) is 12.8 Å². The molecule has 0 fully saturated rings. The highest BCUT2D eigenvalue weighted by atomic mass is 16.6. The highest BCUT2D eigenvalue weighted by Gasteiger charge is 2.07. The van der Waals surface area contributed by atoms with Gasteiger partial charge in [-0.1, -0.05) is 6.07 Å². The quantitative estimate of drug-likeness (QED) is 0.800. The first kappa shape index (κ1) is 12.2. The standard InChI is InChI=1S/C12H13NO5/c1-15-9-5-3-8(7-10(9)16-2)4-6-11-13-18-12(14)17-11/h3,5,7H,4,6H2,1-2H3. The molecule has 18 heavy (non-hydrogen) atoms. The molecule has 0 N–H and O–H groups in total. The maximum Gasteiger partial charge on any atom is 0.542 e. The molecule has 6 nitrogen and oxygen atoms in total. The molecule has 0 spiro atoms. The lowest BCUT2D eigenvalue weighted by Crippen LogP contribution is -1.95. The van der Waals surface area contributed by atoms with Gasteiger partial charge in [-0.2, -0.15) is 0 Å². The molecule has 0 saturated heterocycles. The number of benzene rings is 1. The van der Waals surface area contributed by atoms with Crippen LogP contribution in [0.5, 0.6) is 11.5 Å². The average molecular weight is 251 g/mol. The van der Waals surface area contributed by atoms with Gasteiger partial charge in [0.25, 0.3) is 0 Å². The summed E-state index contributed by atoms with van der Waals surface area (Å²) in [6, 6.07) is 5.61. The summed E-state index contributed by atoms with van der Waals surface area (Å²) in [7, 11) is 3.17. The van der Waals surface area contributed by atoms with Gasteiger partial charge < -0.3 is 13.9 Å². The summed E-state index contributed by atoms with van der Waals surface area (Å²) in [5.41, 5.74) is 1.03. The maximum atomic E-state index is 10.7. The molecule has 0 aliphatic heterocycles. The summed E-state index contributed by atoms with van der Waals surface area (Å²) >= 11 is 0. The van der Waals surface area contributed by atoms with Crippen molar-refractivity contribution in [3.05, 3.63) is 40.3 Å². The zero-order chi connectivity index (χ0) is 13.0. The summed E-state index contributed by atoms with van der Waals surface area (Å²) < 4.78 is 19.4. The Bertz CT molecular complexity index is 572. The first-order chi connectivity index (χ1) is 8.72. The van der Waals surface area contributed by atoms with Crippen molar-refractivity contribution < 1.29 is 18.4 Å². The molecule has 2 rings (SSSR count). The molecule has 2 aromatic rings. The Hall–Kier alpha value is -2.24. The Labute approximate surface area is 103 Å². The third-order valence-electron chi connectivity index (χ3n) is 2.50. The second kappa shape index (κ2) is 5.39. The van der Waals surface area contributed by atoms with Gasteiger partial charge in [-0.3, -0.25) is 4.52 Å². The predicted octanol–water partition coefficient (Wildman–Crippen LogP) is 1.43. The number of methoxy groups -OCH3 is 2. The molecular weight excluding hydrogens is 238 g/mol. The highest BCUT2D eigenvalue weighted by Crippen LogP contribution is 2.27. The van der Waals surface area contributed by atoms with Gasteiger partial charge in [-0.15, -0.1) is 0 Å². The minimum atomic E-state index is -0.780. The minimum Gasteiger partial charge on any atom is -0.493 e. The van der Waals surface area contributed by atoms with Crippen molar-refractivity contribution in [1.29, 1.82) is 0 Å². The van der Waals surface area contributed by atoms with E-state index in [1.807, 2.05) is 18.2 Å². The number of ether oxygens (including phenoxy) is 2. The smallest absolute Gasteiger partial charge is 0.493 e. The Kier molecular flexibility index (Phi) is 3.66. The van der Waals surface area contributed by atoms with Gasteiger partial charge in [-0.25, -0.2) is 4.79 Å². The SMILES string of the molecule is COc1ccc(CCc2noc(=O)o2)cc1OC. The molecule has 0 radical (unpaired) electrons. The summed E-state index contributed by atoms with van der Waals surface area (Å²) in [6.45, 7) is 0. The third-order valence-corrected chi connectivity index (χ3v) is 2.50. The maximum absolute atomic E-state index is 10.7. The van der Waals surface area contributed by atoms with Crippen LogP contribution in [0.3, 0.4) is 0 Å². The number of rotatable bonds is 5. The summed E-state index contributed by atoms with van der Waals surface area (Å²) in [5.74, 6) is 0.845. The van der Waals surface area contributed by atoms with Crippen LogP contribution in [-0.4, -0.2) is 19.4 Å². The van der Waals surface area contributed by atoms with Crippen molar-refractivity contribution in [2.75, 3.05) is 14.2 Å². The molecule has 0 bridgehead atoms. The number of aromatic nitrogens is 1. The molecule has 1 aromatic heterocycles. The van der Waals surface area contributed by atoms with Gasteiger partial charge >= 0.3 is 5.82 Å². The van der Waals surface area contributed by atoms with Crippen LogP contribution in [0.25, 0.3) is 0 Å². The van der Waals surface area contributed by atoms with Crippen molar-refractivity contribution >= 4 is 0 Å². The van der Waals surface area contributed by atoms with Crippen molar-refractivity contribution in [3.63, 3.8) is 0 Å². The van der Waals surface area contributed by atoms with E-state index in [1.54, 1.807) is 14.2 Å². The minimum absolute atomic E-state index is 0.287. The monoisotopic (exact) mass is 251 g/mol. The van der Waals surface area contributed by atoms with Crippen LogP contribution in [0.15, 0.2) is 31.9 Å². The van der Waals surface area contributed by atoms with Crippen LogP contribution in [0, 0.1) is 0 Å². The molecule has 96 valence electrons. The lowest BCUT2D eigenvalue weighted by atomic mass is 10.1. The van der Waals surface area contributed by atoms with E-state index in [-0.39, 0.29) is 5.89 Å². The van der Waals surface area contributed by atoms with Crippen LogP contribution in [0.2, 0.25) is 0 Å². The van der Waals surface area contributed by atoms with E-state index >= 15 is 0 Å². The molecule has 0 atom stereocenters. The Morgan fingerprint density at radius 3 is 2.56 bits per heavy atom. The van der Waals surface area contributed by atoms with E-state index in [0.717, 1.165) is 5.56 Å². The fraction of sp³-hybridized carbons (Fsp3) is 0.333. The predicted molar refractivity (Wildman–Crippen MR) is 62.0 cm³/mol. The van der Waals surface area contributed by atoms with Gasteiger partial charge in [-0.05, 0) is 29.3 Å². The topological polar surface area (TPSA) is 74.7 Å². The highest BCUT2D eigenvalue weighted by molar-refractivity contribution is 5.42. The van der Waals surface area contributed by atoms with E-state index in [2.05, 4.69) is 9.68 Å². The number of hydrogen-bond acceptors (Lipinski definition) is 6. The van der Waals surface area contributed by atoms with E-state index in [1.165, 1.54) is 0 Å². The normalized spacial score (nSPS) is 10.3. The van der Waals surface area contributed by atoms with Gasteiger partial charge in [0.1, 0.15) is 0 Å². The van der Waals surface area contributed by atoms with E-state index in [4.69, 9.17) is 13.9 Å². The summed E-state index contributed by atoms with van der Waals surface area (Å²) in [4.78, 5) is 10.7. The lowest BCUT2D eigenvalue weighted by molar-refractivity contribution is 0.334. The second-order valence-corrected chi connectivity index (χ2v) is 3.62. The van der Waals surface area contributed by atoms with Crippen molar-refractivity contribution in [1.82, 2.24) is 5.16 Å². The van der Waals surface area contributed by atoms with Gasteiger partial charge in [0.15, 0.2) is 11.5 Å². The van der Waals surface area contributed by atoms with E-state index in [0.29, 0.717) is 24.3 Å². The van der Waals surface area contributed by atoms with Crippen LogP contribution in [-0.2, 0) is 12.8 Å². The van der Waals surface area contributed by atoms with Crippen molar-refractivity contribution in [2.24, 2.45) is 0 Å². The summed E-state index contributed by atoms with van der Waals surface area (Å²) in [6.07, 6.45) is 1.15. The van der Waals surface area contributed by atoms with Crippen LogP contribution in [0.4, 0.5) is 0 Å². The van der Waals surface area contributed by atoms with Gasteiger partial charge in [0, 0.05) is 6.42 Å².